The van der Waals surface area contributed by atoms with E-state index in [1.165, 1.54) is 12.1 Å². The van der Waals surface area contributed by atoms with Crippen LogP contribution < -0.4 is 5.14 Å². The van der Waals surface area contributed by atoms with Crippen LogP contribution in [-0.2, 0) is 10.0 Å². The number of rotatable bonds is 6. The van der Waals surface area contributed by atoms with E-state index in [9.17, 15) is 13.2 Å². The van der Waals surface area contributed by atoms with Crippen LogP contribution in [0.2, 0.25) is 5.02 Å². The zero-order valence-corrected chi connectivity index (χ0v) is 19.3. The van der Waals surface area contributed by atoms with Crippen molar-refractivity contribution in [3.63, 3.8) is 0 Å². The number of aryl methyl sites for hydroxylation is 1. The highest BCUT2D eigenvalue weighted by Crippen LogP contribution is 2.39. The van der Waals surface area contributed by atoms with Crippen LogP contribution in [0.15, 0.2) is 47.4 Å². The summed E-state index contributed by atoms with van der Waals surface area (Å²) >= 11 is 6.22. The molecule has 4 rings (SSSR count). The summed E-state index contributed by atoms with van der Waals surface area (Å²) in [6.45, 7) is 5.89. The predicted molar refractivity (Wildman–Crippen MR) is 123 cm³/mol. The van der Waals surface area contributed by atoms with E-state index >= 15 is 0 Å². The van der Waals surface area contributed by atoms with Crippen molar-refractivity contribution in [1.29, 1.82) is 0 Å². The quantitative estimate of drug-likeness (QED) is 0.507. The second kappa shape index (κ2) is 7.93. The smallest absolute Gasteiger partial charge is 0.238 e. The Balaban J connectivity index is 1.92. The van der Waals surface area contributed by atoms with Crippen LogP contribution in [0.5, 0.6) is 0 Å². The topological polar surface area (TPSA) is 82.2 Å². The number of halogens is 1. The molecule has 0 saturated heterocycles. The highest BCUT2D eigenvalue weighted by molar-refractivity contribution is 7.89. The third-order valence-electron chi connectivity index (χ3n) is 5.97. The van der Waals surface area contributed by atoms with Crippen LogP contribution in [0.3, 0.4) is 0 Å². The number of aromatic nitrogens is 1. The molecule has 0 bridgehead atoms. The molecule has 7 heteroatoms. The lowest BCUT2D eigenvalue weighted by molar-refractivity contribution is 0.0976. The van der Waals surface area contributed by atoms with Crippen molar-refractivity contribution in [1.82, 2.24) is 4.57 Å². The Morgan fingerprint density at radius 1 is 1.06 bits per heavy atom. The van der Waals surface area contributed by atoms with E-state index in [-0.39, 0.29) is 10.7 Å². The molecule has 162 valence electrons. The Hall–Kier alpha value is -2.41. The maximum absolute atomic E-state index is 13.3. The third-order valence-corrected chi connectivity index (χ3v) is 7.32. The molecule has 2 N–H and O–H groups in total. The van der Waals surface area contributed by atoms with Gasteiger partial charge in [0.2, 0.25) is 10.0 Å². The van der Waals surface area contributed by atoms with Crippen LogP contribution in [0.25, 0.3) is 16.8 Å². The largest absolute Gasteiger partial charge is 0.317 e. The van der Waals surface area contributed by atoms with Gasteiger partial charge in [0.05, 0.1) is 4.90 Å². The maximum Gasteiger partial charge on any atom is 0.238 e. The summed E-state index contributed by atoms with van der Waals surface area (Å²) in [4.78, 5) is 13.3. The summed E-state index contributed by atoms with van der Waals surface area (Å²) in [6, 6.07) is 12.2. The normalized spacial score (nSPS) is 14.1. The minimum atomic E-state index is -3.79. The molecular formula is C24H25ClN2O3S. The molecule has 1 aliphatic carbocycles. The standard InChI is InChI=1S/C24H25ClN2O3S/c1-14-12-19(8-11-21(14)25)27-15(2)23(18-6-9-20(10-7-18)31(26,29)30)24(16(27)3)22(28)13-17-4-5-17/h6-12,17H,4-5,13H2,1-3H3,(H2,26,29,30). The first-order chi connectivity index (χ1) is 14.6. The van der Waals surface area contributed by atoms with Crippen molar-refractivity contribution in [3.05, 3.63) is 70.0 Å². The van der Waals surface area contributed by atoms with Gasteiger partial charge in [-0.05, 0) is 81.0 Å². The van der Waals surface area contributed by atoms with Crippen molar-refractivity contribution < 1.29 is 13.2 Å². The van der Waals surface area contributed by atoms with Gasteiger partial charge in [-0.3, -0.25) is 4.79 Å². The Kier molecular flexibility index (Phi) is 5.58. The lowest BCUT2D eigenvalue weighted by Gasteiger charge is -2.12. The van der Waals surface area contributed by atoms with Crippen molar-refractivity contribution in [2.24, 2.45) is 11.1 Å². The number of carbonyl (C=O) groups is 1. The Bertz CT molecular complexity index is 1290. The van der Waals surface area contributed by atoms with Gasteiger partial charge in [-0.2, -0.15) is 0 Å². The van der Waals surface area contributed by atoms with Crippen LogP contribution in [-0.4, -0.2) is 18.8 Å². The second-order valence-electron chi connectivity index (χ2n) is 8.33. The summed E-state index contributed by atoms with van der Waals surface area (Å²) in [5.41, 5.74) is 5.99. The van der Waals surface area contributed by atoms with Gasteiger partial charge < -0.3 is 4.57 Å². The van der Waals surface area contributed by atoms with Crippen LogP contribution >= 0.6 is 11.6 Å². The van der Waals surface area contributed by atoms with Gasteiger partial charge in [0.25, 0.3) is 0 Å². The fraction of sp³-hybridized carbons (Fsp3) is 0.292. The fourth-order valence-electron chi connectivity index (χ4n) is 4.18. The zero-order chi connectivity index (χ0) is 22.5. The van der Waals surface area contributed by atoms with E-state index < -0.39 is 10.0 Å². The van der Waals surface area contributed by atoms with E-state index in [4.69, 9.17) is 16.7 Å². The van der Waals surface area contributed by atoms with E-state index in [2.05, 4.69) is 4.57 Å². The number of benzene rings is 2. The summed E-state index contributed by atoms with van der Waals surface area (Å²) in [6.07, 6.45) is 2.73. The monoisotopic (exact) mass is 456 g/mol. The highest BCUT2D eigenvalue weighted by Gasteiger charge is 2.30. The average molecular weight is 457 g/mol. The van der Waals surface area contributed by atoms with Gasteiger partial charge in [0.1, 0.15) is 0 Å². The first-order valence-electron chi connectivity index (χ1n) is 10.2. The summed E-state index contributed by atoms with van der Waals surface area (Å²) in [5, 5.41) is 5.94. The van der Waals surface area contributed by atoms with Gasteiger partial charge in [0, 0.05) is 39.6 Å². The number of nitrogens with zero attached hydrogens (tertiary/aromatic N) is 1. The van der Waals surface area contributed by atoms with Crippen molar-refractivity contribution in [3.8, 4) is 16.8 Å². The molecule has 0 amide bonds. The van der Waals surface area contributed by atoms with Crippen LogP contribution in [0.4, 0.5) is 0 Å². The van der Waals surface area contributed by atoms with Crippen LogP contribution in [0.1, 0.15) is 46.6 Å². The molecule has 1 aliphatic rings. The Labute approximate surface area is 187 Å². The number of hydrogen-bond acceptors (Lipinski definition) is 3. The predicted octanol–water partition coefficient (Wildman–Crippen LogP) is 5.35. The first kappa shape index (κ1) is 21.8. The van der Waals surface area contributed by atoms with E-state index in [1.807, 2.05) is 39.0 Å². The molecule has 0 spiro atoms. The molecule has 1 heterocycles. The molecule has 31 heavy (non-hydrogen) atoms. The Morgan fingerprint density at radius 2 is 1.71 bits per heavy atom. The molecule has 1 aromatic heterocycles. The third kappa shape index (κ3) is 4.20. The molecule has 2 aromatic carbocycles. The maximum atomic E-state index is 13.3. The first-order valence-corrected chi connectivity index (χ1v) is 12.1. The van der Waals surface area contributed by atoms with Crippen molar-refractivity contribution >= 4 is 27.4 Å². The summed E-state index contributed by atoms with van der Waals surface area (Å²) < 4.78 is 25.4. The number of nitrogens with two attached hydrogens (primary N) is 1. The highest BCUT2D eigenvalue weighted by atomic mass is 35.5. The van der Waals surface area contributed by atoms with Crippen molar-refractivity contribution in [2.75, 3.05) is 0 Å². The summed E-state index contributed by atoms with van der Waals surface area (Å²) in [5.74, 6) is 0.587. The van der Waals surface area contributed by atoms with E-state index in [0.717, 1.165) is 46.6 Å². The zero-order valence-electron chi connectivity index (χ0n) is 17.8. The molecule has 0 radical (unpaired) electrons. The number of sulfonamides is 1. The van der Waals surface area contributed by atoms with E-state index in [1.54, 1.807) is 12.1 Å². The van der Waals surface area contributed by atoms with Gasteiger partial charge in [-0.15, -0.1) is 0 Å². The van der Waals surface area contributed by atoms with Gasteiger partial charge >= 0.3 is 0 Å². The summed E-state index contributed by atoms with van der Waals surface area (Å²) in [7, 11) is -3.79. The number of Topliss-reactive ketones (excluding diaryl/α,β-unsaturated/α-hetero) is 1. The minimum Gasteiger partial charge on any atom is -0.317 e. The minimum absolute atomic E-state index is 0.0456. The fourth-order valence-corrected chi connectivity index (χ4v) is 4.82. The number of primary sulfonamides is 1. The second-order valence-corrected chi connectivity index (χ2v) is 10.3. The molecule has 0 atom stereocenters. The number of carbonyl (C=O) groups excluding carboxylic acids is 1. The molecule has 0 aliphatic heterocycles. The molecule has 0 unspecified atom stereocenters. The van der Waals surface area contributed by atoms with Gasteiger partial charge in [0.15, 0.2) is 5.78 Å². The number of ketones is 1. The van der Waals surface area contributed by atoms with E-state index in [0.29, 0.717) is 22.9 Å². The SMILES string of the molecule is Cc1cc(-n2c(C)c(C(=O)CC3CC3)c(-c3ccc(S(N)(=O)=O)cc3)c2C)ccc1Cl. The molecule has 3 aromatic rings. The lowest BCUT2D eigenvalue weighted by atomic mass is 9.95. The molecular weight excluding hydrogens is 432 g/mol. The van der Waals surface area contributed by atoms with Gasteiger partial charge in [-0.25, -0.2) is 13.6 Å². The van der Waals surface area contributed by atoms with Crippen LogP contribution in [0, 0.1) is 26.7 Å². The lowest BCUT2D eigenvalue weighted by Crippen LogP contribution is -2.11. The average Bonchev–Trinajstić information content (AvgIpc) is 3.47. The molecule has 5 nitrogen and oxygen atoms in total. The number of hydrogen-bond donors (Lipinski definition) is 1. The van der Waals surface area contributed by atoms with Gasteiger partial charge in [-0.1, -0.05) is 23.7 Å². The Morgan fingerprint density at radius 3 is 2.26 bits per heavy atom. The van der Waals surface area contributed by atoms with Crippen molar-refractivity contribution in [2.45, 2.75) is 44.9 Å². The molecule has 1 fully saturated rings. The molecule has 1 saturated carbocycles.